The Hall–Kier alpha value is -3.10. The highest BCUT2D eigenvalue weighted by molar-refractivity contribution is 5.95. The Bertz CT molecular complexity index is 931. The number of fused-ring (bicyclic) bond motifs is 1. The number of nitrogens with zero attached hydrogens (tertiary/aromatic N) is 2. The van der Waals surface area contributed by atoms with Gasteiger partial charge in [0.2, 0.25) is 0 Å². The molecule has 0 aliphatic rings. The summed E-state index contributed by atoms with van der Waals surface area (Å²) in [6.45, 7) is 5.88. The quantitative estimate of drug-likeness (QED) is 0.619. The molecule has 1 heterocycles. The largest absolute Gasteiger partial charge is 0.456 e. The van der Waals surface area contributed by atoms with Crippen LogP contribution in [0, 0.1) is 0 Å². The van der Waals surface area contributed by atoms with Crippen molar-refractivity contribution in [1.82, 2.24) is 19.8 Å². The molecule has 2 rings (SSSR count). The number of carbonyl (C=O) groups is 3. The van der Waals surface area contributed by atoms with Crippen LogP contribution in [0.5, 0.6) is 0 Å². The van der Waals surface area contributed by atoms with Crippen LogP contribution in [0.2, 0.25) is 0 Å². The standard InChI is InChI=1S/C20H28N4O5/c1-4-11-23-15-8-6-7-9-16(15)24(20(23)28)12-10-18(26)29-13-17(25)22-19(27)21-14(3)5-2/h6-9,14H,4-5,10-13H2,1-3H3,(H2,21,22,25,27)/t14-/m0/s1. The van der Waals surface area contributed by atoms with Gasteiger partial charge in [0.25, 0.3) is 5.91 Å². The van der Waals surface area contributed by atoms with E-state index in [1.165, 1.54) is 4.57 Å². The van der Waals surface area contributed by atoms with Crippen LogP contribution in [-0.4, -0.2) is 39.7 Å². The molecule has 0 bridgehead atoms. The number of urea groups is 1. The SMILES string of the molecule is CCCn1c(=O)n(CCC(=O)OCC(=O)NC(=O)N[C@@H](C)CC)c2ccccc21. The van der Waals surface area contributed by atoms with Crippen molar-refractivity contribution in [3.8, 4) is 0 Å². The third-order valence-corrected chi connectivity index (χ3v) is 4.52. The van der Waals surface area contributed by atoms with Crippen LogP contribution >= 0.6 is 0 Å². The summed E-state index contributed by atoms with van der Waals surface area (Å²) in [6, 6.07) is 6.70. The molecular formula is C20H28N4O5. The van der Waals surface area contributed by atoms with E-state index in [1.54, 1.807) is 4.57 Å². The zero-order valence-electron chi connectivity index (χ0n) is 17.1. The molecule has 2 aromatic rings. The van der Waals surface area contributed by atoms with Gasteiger partial charge in [-0.05, 0) is 31.9 Å². The van der Waals surface area contributed by atoms with Crippen molar-refractivity contribution in [3.63, 3.8) is 0 Å². The molecule has 158 valence electrons. The van der Waals surface area contributed by atoms with Crippen LogP contribution in [0.4, 0.5) is 4.79 Å². The Kier molecular flexibility index (Phi) is 7.99. The number of para-hydroxylation sites is 2. The highest BCUT2D eigenvalue weighted by Crippen LogP contribution is 2.13. The van der Waals surface area contributed by atoms with Gasteiger partial charge in [-0.2, -0.15) is 0 Å². The van der Waals surface area contributed by atoms with E-state index in [2.05, 4.69) is 10.6 Å². The first-order chi connectivity index (χ1) is 13.9. The monoisotopic (exact) mass is 404 g/mol. The number of nitrogens with one attached hydrogen (secondary N) is 2. The van der Waals surface area contributed by atoms with Crippen molar-refractivity contribution in [1.29, 1.82) is 0 Å². The molecule has 0 spiro atoms. The number of rotatable bonds is 9. The maximum absolute atomic E-state index is 12.7. The number of aromatic nitrogens is 2. The molecule has 0 fully saturated rings. The summed E-state index contributed by atoms with van der Waals surface area (Å²) < 4.78 is 8.13. The number of ether oxygens (including phenoxy) is 1. The van der Waals surface area contributed by atoms with E-state index in [0.717, 1.165) is 23.9 Å². The van der Waals surface area contributed by atoms with Crippen molar-refractivity contribution in [3.05, 3.63) is 34.7 Å². The van der Waals surface area contributed by atoms with Gasteiger partial charge in [0.05, 0.1) is 17.5 Å². The normalized spacial score (nSPS) is 11.8. The third kappa shape index (κ3) is 5.94. The number of aryl methyl sites for hydroxylation is 2. The first-order valence-electron chi connectivity index (χ1n) is 9.81. The van der Waals surface area contributed by atoms with E-state index in [1.807, 2.05) is 45.0 Å². The lowest BCUT2D eigenvalue weighted by molar-refractivity contribution is -0.148. The van der Waals surface area contributed by atoms with Gasteiger partial charge in [-0.15, -0.1) is 0 Å². The zero-order valence-corrected chi connectivity index (χ0v) is 17.1. The van der Waals surface area contributed by atoms with E-state index >= 15 is 0 Å². The Morgan fingerprint density at radius 3 is 2.28 bits per heavy atom. The van der Waals surface area contributed by atoms with Gasteiger partial charge in [0.1, 0.15) is 0 Å². The molecule has 0 saturated heterocycles. The van der Waals surface area contributed by atoms with Crippen LogP contribution in [0.15, 0.2) is 29.1 Å². The Balaban J connectivity index is 1.90. The molecule has 1 aromatic heterocycles. The molecule has 29 heavy (non-hydrogen) atoms. The summed E-state index contributed by atoms with van der Waals surface area (Å²) in [5.41, 5.74) is 1.39. The fraction of sp³-hybridized carbons (Fsp3) is 0.500. The molecular weight excluding hydrogens is 376 g/mol. The number of esters is 1. The summed E-state index contributed by atoms with van der Waals surface area (Å²) in [4.78, 5) is 47.9. The topological polar surface area (TPSA) is 111 Å². The minimum absolute atomic E-state index is 0.0631. The minimum atomic E-state index is -0.712. The molecule has 9 heteroatoms. The Morgan fingerprint density at radius 1 is 1.07 bits per heavy atom. The second-order valence-electron chi connectivity index (χ2n) is 6.82. The van der Waals surface area contributed by atoms with E-state index in [9.17, 15) is 19.2 Å². The van der Waals surface area contributed by atoms with Crippen LogP contribution in [0.25, 0.3) is 11.0 Å². The molecule has 2 N–H and O–H groups in total. The van der Waals surface area contributed by atoms with Crippen molar-refractivity contribution in [2.75, 3.05) is 6.61 Å². The highest BCUT2D eigenvalue weighted by Gasteiger charge is 2.15. The van der Waals surface area contributed by atoms with Crippen molar-refractivity contribution in [2.24, 2.45) is 0 Å². The van der Waals surface area contributed by atoms with Crippen LogP contribution in [0.3, 0.4) is 0 Å². The molecule has 0 aliphatic heterocycles. The highest BCUT2D eigenvalue weighted by atomic mass is 16.5. The molecule has 0 unspecified atom stereocenters. The molecule has 3 amide bonds. The lowest BCUT2D eigenvalue weighted by Crippen LogP contribution is -2.44. The molecule has 9 nitrogen and oxygen atoms in total. The van der Waals surface area contributed by atoms with E-state index in [4.69, 9.17) is 4.74 Å². The predicted molar refractivity (Wildman–Crippen MR) is 108 cm³/mol. The molecule has 1 aromatic carbocycles. The van der Waals surface area contributed by atoms with E-state index in [0.29, 0.717) is 6.54 Å². The average Bonchev–Trinajstić information content (AvgIpc) is 2.96. The molecule has 0 saturated carbocycles. The average molecular weight is 404 g/mol. The summed E-state index contributed by atoms with van der Waals surface area (Å²) in [7, 11) is 0. The number of hydrogen-bond acceptors (Lipinski definition) is 5. The van der Waals surface area contributed by atoms with Gasteiger partial charge in [-0.1, -0.05) is 26.0 Å². The summed E-state index contributed by atoms with van der Waals surface area (Å²) in [5, 5.41) is 4.68. The second kappa shape index (κ2) is 10.4. The molecule has 0 aliphatic carbocycles. The van der Waals surface area contributed by atoms with Crippen LogP contribution in [0.1, 0.15) is 40.0 Å². The fourth-order valence-electron chi connectivity index (χ4n) is 2.87. The number of imide groups is 1. The Morgan fingerprint density at radius 2 is 1.69 bits per heavy atom. The number of benzene rings is 1. The van der Waals surface area contributed by atoms with Gasteiger partial charge < -0.3 is 10.1 Å². The van der Waals surface area contributed by atoms with Gasteiger partial charge in [0, 0.05) is 19.1 Å². The Labute approximate surface area is 169 Å². The first-order valence-corrected chi connectivity index (χ1v) is 9.81. The predicted octanol–water partition coefficient (Wildman–Crippen LogP) is 1.77. The molecule has 0 radical (unpaired) electrons. The number of amides is 3. The summed E-state index contributed by atoms with van der Waals surface area (Å²) in [5.74, 6) is -1.34. The number of imidazole rings is 1. The van der Waals surface area contributed by atoms with Gasteiger partial charge in [-0.25, -0.2) is 9.59 Å². The van der Waals surface area contributed by atoms with Crippen molar-refractivity contribution < 1.29 is 19.1 Å². The number of carbonyl (C=O) groups excluding carboxylic acids is 3. The maximum Gasteiger partial charge on any atom is 0.329 e. The van der Waals surface area contributed by atoms with Gasteiger partial charge >= 0.3 is 17.7 Å². The van der Waals surface area contributed by atoms with Gasteiger partial charge in [-0.3, -0.25) is 24.0 Å². The van der Waals surface area contributed by atoms with Gasteiger partial charge in [0.15, 0.2) is 6.61 Å². The first kappa shape index (κ1) is 22.2. The maximum atomic E-state index is 12.7. The summed E-state index contributed by atoms with van der Waals surface area (Å²) >= 11 is 0. The van der Waals surface area contributed by atoms with Crippen molar-refractivity contribution >= 4 is 28.9 Å². The zero-order chi connectivity index (χ0) is 21.4. The lowest BCUT2D eigenvalue weighted by atomic mass is 10.3. The van der Waals surface area contributed by atoms with Crippen LogP contribution < -0.4 is 16.3 Å². The molecule has 1 atom stereocenters. The van der Waals surface area contributed by atoms with E-state index < -0.39 is 24.5 Å². The van der Waals surface area contributed by atoms with Crippen LogP contribution in [-0.2, 0) is 27.4 Å². The second-order valence-corrected chi connectivity index (χ2v) is 6.82. The van der Waals surface area contributed by atoms with Crippen molar-refractivity contribution in [2.45, 2.75) is 59.2 Å². The fourth-order valence-corrected chi connectivity index (χ4v) is 2.87. The van der Waals surface area contributed by atoms with E-state index in [-0.39, 0.29) is 24.7 Å². The smallest absolute Gasteiger partial charge is 0.329 e. The number of hydrogen-bond donors (Lipinski definition) is 2. The lowest BCUT2D eigenvalue weighted by Gasteiger charge is -2.11. The third-order valence-electron chi connectivity index (χ3n) is 4.52. The summed E-state index contributed by atoms with van der Waals surface area (Å²) in [6.07, 6.45) is 1.48. The minimum Gasteiger partial charge on any atom is -0.456 e.